The van der Waals surface area contributed by atoms with Gasteiger partial charge in [0.2, 0.25) is 5.88 Å². The van der Waals surface area contributed by atoms with Crippen molar-refractivity contribution in [1.29, 1.82) is 0 Å². The summed E-state index contributed by atoms with van der Waals surface area (Å²) >= 11 is 7.05. The first-order valence-corrected chi connectivity index (χ1v) is 14.8. The molecule has 44 heavy (non-hydrogen) atoms. The number of alkyl halides is 1. The van der Waals surface area contributed by atoms with E-state index in [1.54, 1.807) is 38.3 Å². The summed E-state index contributed by atoms with van der Waals surface area (Å²) in [7, 11) is 4.34. The summed E-state index contributed by atoms with van der Waals surface area (Å²) in [5, 5.41) is 11.7. The lowest BCUT2D eigenvalue weighted by molar-refractivity contribution is -0.0256. The second kappa shape index (κ2) is 11.5. The Morgan fingerprint density at radius 2 is 1.98 bits per heavy atom. The average Bonchev–Trinajstić information content (AvgIpc) is 3.41. The fourth-order valence-corrected chi connectivity index (χ4v) is 6.90. The molecule has 1 aromatic carbocycles. The molecule has 2 unspecified atom stereocenters. The Balaban J connectivity index is 1.30. The fraction of sp³-hybridized carbons (Fsp3) is 0.375. The Morgan fingerprint density at radius 3 is 2.68 bits per heavy atom. The number of rotatable bonds is 6. The summed E-state index contributed by atoms with van der Waals surface area (Å²) in [4.78, 5) is 44.8. The van der Waals surface area contributed by atoms with Gasteiger partial charge >= 0.3 is 5.69 Å². The zero-order valence-electron chi connectivity index (χ0n) is 24.8. The van der Waals surface area contributed by atoms with E-state index in [0.29, 0.717) is 41.5 Å². The number of benzene rings is 1. The summed E-state index contributed by atoms with van der Waals surface area (Å²) in [5.41, 5.74) is 3.04. The van der Waals surface area contributed by atoms with Gasteiger partial charge in [-0.3, -0.25) is 19.1 Å². The molecule has 1 aliphatic heterocycles. The molecule has 3 aliphatic rings. The maximum atomic E-state index is 15.5. The maximum absolute atomic E-state index is 15.5. The monoisotopic (exact) mass is 621 g/mol. The highest BCUT2D eigenvalue weighted by Crippen LogP contribution is 2.47. The Hall–Kier alpha value is -4.06. The molecule has 2 N–H and O–H groups in total. The number of aliphatic hydroxyl groups is 1. The molecule has 2 aliphatic carbocycles. The van der Waals surface area contributed by atoms with Gasteiger partial charge in [0.1, 0.15) is 11.4 Å². The number of carbonyl (C=O) groups is 1. The van der Waals surface area contributed by atoms with E-state index in [-0.39, 0.29) is 23.3 Å². The van der Waals surface area contributed by atoms with Crippen molar-refractivity contribution in [3.63, 3.8) is 0 Å². The molecule has 2 aromatic heterocycles. The average molecular weight is 622 g/mol. The molecule has 1 saturated heterocycles. The number of allylic oxidation sites excluding steroid dienone is 4. The van der Waals surface area contributed by atoms with Crippen LogP contribution < -0.4 is 21.3 Å². The second-order valence-corrected chi connectivity index (χ2v) is 12.0. The number of aliphatic hydroxyl groups excluding tert-OH is 1. The van der Waals surface area contributed by atoms with Gasteiger partial charge in [-0.05, 0) is 54.7 Å². The van der Waals surface area contributed by atoms with Gasteiger partial charge in [-0.1, -0.05) is 18.2 Å². The lowest BCUT2D eigenvalue weighted by atomic mass is 9.84. The summed E-state index contributed by atoms with van der Waals surface area (Å²) in [5.74, 6) is -1.13. The van der Waals surface area contributed by atoms with E-state index in [1.807, 2.05) is 6.07 Å². The number of nitrogens with one attached hydrogen (secondary N) is 1. The van der Waals surface area contributed by atoms with Crippen LogP contribution in [0.4, 0.5) is 10.1 Å². The van der Waals surface area contributed by atoms with Crippen molar-refractivity contribution in [3.05, 3.63) is 103 Å². The molecule has 3 heterocycles. The van der Waals surface area contributed by atoms with Gasteiger partial charge in [-0.25, -0.2) is 14.2 Å². The van der Waals surface area contributed by atoms with Crippen LogP contribution in [-0.4, -0.2) is 61.7 Å². The third-order valence-corrected chi connectivity index (χ3v) is 9.37. The van der Waals surface area contributed by atoms with E-state index in [1.165, 1.54) is 26.4 Å². The number of nitrogens with zero attached hydrogens (tertiary/aromatic N) is 4. The molecule has 0 radical (unpaired) electrons. The molecule has 10 nitrogen and oxygen atoms in total. The van der Waals surface area contributed by atoms with Crippen LogP contribution in [0.15, 0.2) is 58.0 Å². The number of fused-ring (bicyclic) bond motifs is 1. The smallest absolute Gasteiger partial charge is 0.330 e. The van der Waals surface area contributed by atoms with Crippen molar-refractivity contribution in [2.24, 2.45) is 14.1 Å². The molecule has 0 spiro atoms. The minimum atomic E-state index is -0.821. The third-order valence-electron chi connectivity index (χ3n) is 8.88. The van der Waals surface area contributed by atoms with Crippen LogP contribution in [0.3, 0.4) is 0 Å². The van der Waals surface area contributed by atoms with Gasteiger partial charge < -0.3 is 19.7 Å². The summed E-state index contributed by atoms with van der Waals surface area (Å²) in [6.07, 6.45) is 5.72. The van der Waals surface area contributed by atoms with Crippen LogP contribution in [-0.2, 0) is 20.5 Å². The number of methoxy groups -OCH3 is 1. The van der Waals surface area contributed by atoms with E-state index in [0.717, 1.165) is 33.1 Å². The molecular formula is C32H33ClFN5O5. The highest BCUT2D eigenvalue weighted by atomic mass is 35.5. The van der Waals surface area contributed by atoms with E-state index in [2.05, 4.69) is 10.2 Å². The highest BCUT2D eigenvalue weighted by Gasteiger charge is 2.39. The van der Waals surface area contributed by atoms with E-state index >= 15 is 4.39 Å². The number of pyridine rings is 1. The normalized spacial score (nSPS) is 21.8. The fourth-order valence-electron chi connectivity index (χ4n) is 6.47. The number of aryl methyl sites for hydroxylation is 2. The van der Waals surface area contributed by atoms with Crippen molar-refractivity contribution < 1.29 is 19.0 Å². The molecule has 230 valence electrons. The van der Waals surface area contributed by atoms with Crippen molar-refractivity contribution in [1.82, 2.24) is 19.0 Å². The number of amides is 1. The zero-order chi connectivity index (χ0) is 31.4. The maximum Gasteiger partial charge on any atom is 0.330 e. The lowest BCUT2D eigenvalue weighted by Crippen LogP contribution is -2.51. The summed E-state index contributed by atoms with van der Waals surface area (Å²) in [6, 6.07) is 7.22. The second-order valence-electron chi connectivity index (χ2n) is 11.6. The quantitative estimate of drug-likeness (QED) is 0.405. The largest absolute Gasteiger partial charge is 0.481 e. The van der Waals surface area contributed by atoms with E-state index in [4.69, 9.17) is 21.3 Å². The molecular weight excluding hydrogens is 589 g/mol. The minimum Gasteiger partial charge on any atom is -0.481 e. The number of hydrogen-bond donors (Lipinski definition) is 2. The molecule has 12 heteroatoms. The molecule has 3 aromatic rings. The first kappa shape index (κ1) is 30.0. The van der Waals surface area contributed by atoms with Gasteiger partial charge in [0.05, 0.1) is 24.3 Å². The van der Waals surface area contributed by atoms with Crippen LogP contribution >= 0.6 is 11.6 Å². The van der Waals surface area contributed by atoms with Crippen molar-refractivity contribution in [3.8, 4) is 5.88 Å². The van der Waals surface area contributed by atoms with Gasteiger partial charge in [0, 0.05) is 62.2 Å². The molecule has 3 atom stereocenters. The first-order chi connectivity index (χ1) is 21.0. The standard InChI is InChI=1S/C32H33ClFN5O5/c1-16-19(6-5-7-23(16)35-29(41)21-15-37(2)32(43)38(3)31(21)42)27-22(34)10-9-20(28(27)33)24-12-17-8-11-25(39-13-18(40)14-39)26(17)30(36-24)44-4/h5-7,9-10,12,15,18,20,25,28,40H,8,11,13-14H2,1-4H3,(H,35,41)/t20?,25-,28?/m0/s1. The SMILES string of the molecule is COc1nc(C2C=CC(F)=C(c3cccc(NC(=O)c4cn(C)c(=O)n(C)c4=O)c3C)C2Cl)cc2c1[C@@H](N1CC(O)C1)CC2. The summed E-state index contributed by atoms with van der Waals surface area (Å²) < 4.78 is 23.3. The predicted octanol–water partition coefficient (Wildman–Crippen LogP) is 3.35. The number of carbonyl (C=O) groups excluding carboxylic acids is 1. The number of β-amino-alcohol motifs (C(OH)–C–C–N with tert-alkyl or cyclic N) is 1. The first-order valence-electron chi connectivity index (χ1n) is 14.4. The predicted molar refractivity (Wildman–Crippen MR) is 165 cm³/mol. The lowest BCUT2D eigenvalue weighted by Gasteiger charge is -2.40. The zero-order valence-corrected chi connectivity index (χ0v) is 25.6. The van der Waals surface area contributed by atoms with Crippen molar-refractivity contribution >= 4 is 28.8 Å². The number of likely N-dealkylation sites (tertiary alicyclic amines) is 1. The van der Waals surface area contributed by atoms with Crippen molar-refractivity contribution in [2.75, 3.05) is 25.5 Å². The van der Waals surface area contributed by atoms with Gasteiger partial charge in [0.15, 0.2) is 0 Å². The number of hydrogen-bond acceptors (Lipinski definition) is 7. The highest BCUT2D eigenvalue weighted by molar-refractivity contribution is 6.27. The van der Waals surface area contributed by atoms with Crippen LogP contribution in [0.5, 0.6) is 5.88 Å². The molecule has 6 rings (SSSR count). The van der Waals surface area contributed by atoms with Crippen LogP contribution in [0.2, 0.25) is 0 Å². The summed E-state index contributed by atoms with van der Waals surface area (Å²) in [6.45, 7) is 2.99. The molecule has 0 bridgehead atoms. The van der Waals surface area contributed by atoms with Crippen LogP contribution in [0.25, 0.3) is 5.57 Å². The number of aromatic nitrogens is 3. The Kier molecular flexibility index (Phi) is 7.81. The third kappa shape index (κ3) is 4.98. The van der Waals surface area contributed by atoms with Crippen LogP contribution in [0, 0.1) is 6.92 Å². The van der Waals surface area contributed by atoms with Gasteiger partial charge in [0.25, 0.3) is 11.5 Å². The number of ether oxygens (including phenoxy) is 1. The topological polar surface area (TPSA) is 119 Å². The molecule has 1 fully saturated rings. The number of halogens is 2. The van der Waals surface area contributed by atoms with Crippen molar-refractivity contribution in [2.45, 2.75) is 43.2 Å². The molecule has 0 saturated carbocycles. The number of anilines is 1. The minimum absolute atomic E-state index is 0.132. The van der Waals surface area contributed by atoms with E-state index in [9.17, 15) is 19.5 Å². The Morgan fingerprint density at radius 1 is 1.23 bits per heavy atom. The van der Waals surface area contributed by atoms with Crippen LogP contribution in [0.1, 0.15) is 56.7 Å². The Labute approximate surface area is 258 Å². The Bertz CT molecular complexity index is 1860. The van der Waals surface area contributed by atoms with Gasteiger partial charge in [-0.15, -0.1) is 11.6 Å². The molecule has 1 amide bonds. The van der Waals surface area contributed by atoms with E-state index < -0.39 is 34.3 Å². The van der Waals surface area contributed by atoms with Gasteiger partial charge in [-0.2, -0.15) is 0 Å².